The number of nitro benzene ring substituents is 1. The second kappa shape index (κ2) is 6.19. The number of halogens is 2. The van der Waals surface area contributed by atoms with Gasteiger partial charge in [-0.3, -0.25) is 10.1 Å². The van der Waals surface area contributed by atoms with E-state index in [2.05, 4.69) is 26.2 Å². The molecule has 0 saturated carbocycles. The minimum atomic E-state index is -0.394. The van der Waals surface area contributed by atoms with E-state index in [1.165, 1.54) is 6.07 Å². The van der Waals surface area contributed by atoms with Gasteiger partial charge in [-0.05, 0) is 30.7 Å². The largest absolute Gasteiger partial charge is 0.379 e. The third-order valence-electron chi connectivity index (χ3n) is 2.74. The van der Waals surface area contributed by atoms with E-state index >= 15 is 0 Å². The number of nitro groups is 1. The highest BCUT2D eigenvalue weighted by Crippen LogP contribution is 2.24. The summed E-state index contributed by atoms with van der Waals surface area (Å²) in [5.41, 5.74) is 2.29. The number of pyridine rings is 1. The zero-order valence-corrected chi connectivity index (χ0v) is 12.9. The molecule has 1 heterocycles. The van der Waals surface area contributed by atoms with E-state index in [1.807, 2.05) is 13.0 Å². The molecule has 5 nitrogen and oxygen atoms in total. The molecule has 0 atom stereocenters. The van der Waals surface area contributed by atoms with Gasteiger partial charge in [-0.1, -0.05) is 27.5 Å². The molecule has 0 saturated heterocycles. The number of hydrogen-bond acceptors (Lipinski definition) is 4. The molecule has 1 aromatic carbocycles. The highest BCUT2D eigenvalue weighted by atomic mass is 79.9. The van der Waals surface area contributed by atoms with Crippen LogP contribution in [-0.2, 0) is 6.54 Å². The fourth-order valence-electron chi connectivity index (χ4n) is 1.73. The lowest BCUT2D eigenvalue weighted by Gasteiger charge is -2.08. The van der Waals surface area contributed by atoms with Gasteiger partial charge in [0.15, 0.2) is 0 Å². The Hall–Kier alpha value is -1.66. The number of nitrogens with one attached hydrogen (secondary N) is 1. The van der Waals surface area contributed by atoms with E-state index in [1.54, 1.807) is 18.3 Å². The van der Waals surface area contributed by atoms with Crippen molar-refractivity contribution in [1.82, 2.24) is 4.98 Å². The molecule has 2 aromatic rings. The number of nitrogens with zero attached hydrogens (tertiary/aromatic N) is 2. The van der Waals surface area contributed by atoms with E-state index in [4.69, 9.17) is 11.6 Å². The van der Waals surface area contributed by atoms with Crippen LogP contribution in [0, 0.1) is 17.0 Å². The Balaban J connectivity index is 2.20. The second-order valence-corrected chi connectivity index (χ2v) is 5.49. The fraction of sp³-hybridized carbons (Fsp3) is 0.154. The number of rotatable bonds is 4. The Morgan fingerprint density at radius 1 is 1.45 bits per heavy atom. The smallest absolute Gasteiger partial charge is 0.274 e. The van der Waals surface area contributed by atoms with E-state index < -0.39 is 4.92 Å². The Kier molecular flexibility index (Phi) is 4.57. The van der Waals surface area contributed by atoms with Crippen LogP contribution in [0.3, 0.4) is 0 Å². The highest BCUT2D eigenvalue weighted by molar-refractivity contribution is 9.10. The molecule has 1 N–H and O–H groups in total. The minimum Gasteiger partial charge on any atom is -0.379 e. The van der Waals surface area contributed by atoms with Crippen LogP contribution in [-0.4, -0.2) is 9.91 Å². The summed E-state index contributed by atoms with van der Waals surface area (Å²) >= 11 is 9.16. The maximum absolute atomic E-state index is 11.0. The van der Waals surface area contributed by atoms with Crippen molar-refractivity contribution in [2.24, 2.45) is 0 Å². The summed E-state index contributed by atoms with van der Waals surface area (Å²) in [6, 6.07) is 6.70. The summed E-state index contributed by atoms with van der Waals surface area (Å²) in [7, 11) is 0. The number of aromatic nitrogens is 1. The van der Waals surface area contributed by atoms with Crippen molar-refractivity contribution < 1.29 is 4.92 Å². The molecule has 7 heteroatoms. The molecule has 0 radical (unpaired) electrons. The molecular weight excluding hydrogens is 346 g/mol. The number of hydrogen-bond donors (Lipinski definition) is 1. The van der Waals surface area contributed by atoms with Gasteiger partial charge < -0.3 is 5.32 Å². The van der Waals surface area contributed by atoms with Crippen molar-refractivity contribution in [1.29, 1.82) is 0 Å². The second-order valence-electron chi connectivity index (χ2n) is 4.22. The zero-order chi connectivity index (χ0) is 14.7. The molecule has 0 aliphatic heterocycles. The van der Waals surface area contributed by atoms with E-state index in [9.17, 15) is 10.1 Å². The van der Waals surface area contributed by atoms with Crippen LogP contribution in [0.5, 0.6) is 0 Å². The molecule has 104 valence electrons. The van der Waals surface area contributed by atoms with Crippen molar-refractivity contribution in [3.63, 3.8) is 0 Å². The van der Waals surface area contributed by atoms with Crippen LogP contribution in [0.4, 0.5) is 11.4 Å². The van der Waals surface area contributed by atoms with Gasteiger partial charge in [0, 0.05) is 22.6 Å². The quantitative estimate of drug-likeness (QED) is 0.503. The molecule has 20 heavy (non-hydrogen) atoms. The molecule has 0 aliphatic rings. The Morgan fingerprint density at radius 2 is 2.20 bits per heavy atom. The third kappa shape index (κ3) is 3.46. The first-order valence-corrected chi connectivity index (χ1v) is 6.93. The lowest BCUT2D eigenvalue weighted by molar-refractivity contribution is -0.385. The summed E-state index contributed by atoms with van der Waals surface area (Å²) in [6.45, 7) is 2.18. The van der Waals surface area contributed by atoms with E-state index in [0.29, 0.717) is 17.3 Å². The average molecular weight is 357 g/mol. The predicted molar refractivity (Wildman–Crippen MR) is 82.1 cm³/mol. The lowest BCUT2D eigenvalue weighted by Crippen LogP contribution is -2.03. The molecule has 0 amide bonds. The molecule has 0 fully saturated rings. The van der Waals surface area contributed by atoms with Gasteiger partial charge in [0.25, 0.3) is 5.69 Å². The van der Waals surface area contributed by atoms with Gasteiger partial charge in [0.1, 0.15) is 5.15 Å². The van der Waals surface area contributed by atoms with Crippen LogP contribution in [0.1, 0.15) is 11.1 Å². The van der Waals surface area contributed by atoms with Gasteiger partial charge in [-0.15, -0.1) is 0 Å². The Morgan fingerprint density at radius 3 is 2.85 bits per heavy atom. The van der Waals surface area contributed by atoms with Crippen LogP contribution in [0.25, 0.3) is 0 Å². The summed E-state index contributed by atoms with van der Waals surface area (Å²) in [4.78, 5) is 14.6. The molecule has 0 spiro atoms. The van der Waals surface area contributed by atoms with E-state index in [-0.39, 0.29) is 5.69 Å². The molecule has 1 aromatic heterocycles. The molecular formula is C13H11BrClN3O2. The molecule has 0 aliphatic carbocycles. The Bertz CT molecular complexity index is 664. The van der Waals surface area contributed by atoms with Crippen molar-refractivity contribution in [3.05, 3.63) is 61.3 Å². The summed E-state index contributed by atoms with van der Waals surface area (Å²) < 4.78 is 0.797. The highest BCUT2D eigenvalue weighted by Gasteiger charge is 2.13. The fourth-order valence-corrected chi connectivity index (χ4v) is 2.24. The van der Waals surface area contributed by atoms with Gasteiger partial charge in [-0.2, -0.15) is 0 Å². The first kappa shape index (κ1) is 14.7. The molecule has 2 rings (SSSR count). The maximum Gasteiger partial charge on any atom is 0.274 e. The van der Waals surface area contributed by atoms with Crippen molar-refractivity contribution in [2.75, 3.05) is 5.32 Å². The molecule has 0 unspecified atom stereocenters. The maximum atomic E-state index is 11.0. The monoisotopic (exact) mass is 355 g/mol. The Labute approximate surface area is 129 Å². The number of anilines is 1. The first-order valence-electron chi connectivity index (χ1n) is 5.76. The van der Waals surface area contributed by atoms with Crippen LogP contribution >= 0.6 is 27.5 Å². The summed E-state index contributed by atoms with van der Waals surface area (Å²) in [6.07, 6.45) is 1.60. The van der Waals surface area contributed by atoms with Gasteiger partial charge in [0.05, 0.1) is 16.8 Å². The predicted octanol–water partition coefficient (Wildman–Crippen LogP) is 4.33. The van der Waals surface area contributed by atoms with Gasteiger partial charge in [-0.25, -0.2) is 4.98 Å². The van der Waals surface area contributed by atoms with Crippen molar-refractivity contribution in [2.45, 2.75) is 13.5 Å². The van der Waals surface area contributed by atoms with Gasteiger partial charge >= 0.3 is 0 Å². The van der Waals surface area contributed by atoms with Crippen molar-refractivity contribution >= 4 is 38.9 Å². The standard InChI is InChI=1S/C13H11BrClN3O2/c1-8-4-11(7-17-13(8)15)16-6-9-5-10(14)2-3-12(9)18(19)20/h2-5,7,16H,6H2,1H3. The lowest BCUT2D eigenvalue weighted by atomic mass is 10.2. The van der Waals surface area contributed by atoms with Gasteiger partial charge in [0.2, 0.25) is 0 Å². The minimum absolute atomic E-state index is 0.0827. The summed E-state index contributed by atoms with van der Waals surface area (Å²) in [5.74, 6) is 0. The van der Waals surface area contributed by atoms with Crippen LogP contribution in [0.15, 0.2) is 34.9 Å². The van der Waals surface area contributed by atoms with Crippen LogP contribution in [0.2, 0.25) is 5.15 Å². The SMILES string of the molecule is Cc1cc(NCc2cc(Br)ccc2[N+](=O)[O-])cnc1Cl. The zero-order valence-electron chi connectivity index (χ0n) is 10.6. The number of benzene rings is 1. The topological polar surface area (TPSA) is 68.1 Å². The first-order chi connectivity index (χ1) is 9.47. The average Bonchev–Trinajstić information content (AvgIpc) is 2.40. The molecule has 0 bridgehead atoms. The third-order valence-corrected chi connectivity index (χ3v) is 3.62. The summed E-state index contributed by atoms with van der Waals surface area (Å²) in [5, 5.41) is 14.5. The normalized spacial score (nSPS) is 10.3. The van der Waals surface area contributed by atoms with E-state index in [0.717, 1.165) is 15.7 Å². The van der Waals surface area contributed by atoms with Crippen molar-refractivity contribution in [3.8, 4) is 0 Å². The number of aryl methyl sites for hydroxylation is 1. The van der Waals surface area contributed by atoms with Crippen LogP contribution < -0.4 is 5.32 Å².